The molecule has 1 atom stereocenters. The van der Waals surface area contributed by atoms with Crippen LogP contribution in [0.5, 0.6) is 0 Å². The molecule has 124 valence electrons. The lowest BCUT2D eigenvalue weighted by molar-refractivity contribution is 0.0989. The molecule has 0 spiro atoms. The summed E-state index contributed by atoms with van der Waals surface area (Å²) in [6.45, 7) is 4.59. The van der Waals surface area contributed by atoms with E-state index in [1.54, 1.807) is 0 Å². The van der Waals surface area contributed by atoms with Crippen LogP contribution in [0.1, 0.15) is 6.92 Å². The minimum absolute atomic E-state index is 0.180. The van der Waals surface area contributed by atoms with Gasteiger partial charge < -0.3 is 15.0 Å². The summed E-state index contributed by atoms with van der Waals surface area (Å²) in [6.07, 6.45) is 1.50. The standard InChI is InChI=1S/C16H17N5O2S/c1-11-10-23-9-8-20(11)13-4-2-12(3-5-13)18-15-19-21-14(22)6-7-17-16(21)24-15/h2-7,11H,8-10H2,1H3,(H,18,19). The van der Waals surface area contributed by atoms with Gasteiger partial charge in [0.15, 0.2) is 0 Å². The maximum Gasteiger partial charge on any atom is 0.275 e. The SMILES string of the molecule is CC1COCCN1c1ccc(Nc2nn3c(=O)ccnc3s2)cc1. The van der Waals surface area contributed by atoms with Crippen molar-refractivity contribution < 1.29 is 4.74 Å². The average molecular weight is 343 g/mol. The molecule has 1 N–H and O–H groups in total. The fourth-order valence-electron chi connectivity index (χ4n) is 2.76. The summed E-state index contributed by atoms with van der Waals surface area (Å²) in [5, 5.41) is 8.12. The third-order valence-electron chi connectivity index (χ3n) is 3.99. The first-order valence-corrected chi connectivity index (χ1v) is 8.59. The Morgan fingerprint density at radius 1 is 1.29 bits per heavy atom. The fourth-order valence-corrected chi connectivity index (χ4v) is 3.56. The minimum atomic E-state index is -0.180. The van der Waals surface area contributed by atoms with Crippen LogP contribution in [0, 0.1) is 0 Å². The lowest BCUT2D eigenvalue weighted by Crippen LogP contribution is -2.43. The largest absolute Gasteiger partial charge is 0.377 e. The topological polar surface area (TPSA) is 71.8 Å². The summed E-state index contributed by atoms with van der Waals surface area (Å²) >= 11 is 1.34. The number of ether oxygens (including phenoxy) is 1. The molecule has 1 aliphatic rings. The van der Waals surface area contributed by atoms with Crippen LogP contribution in [0.25, 0.3) is 4.96 Å². The molecule has 3 aromatic rings. The molecule has 7 nitrogen and oxygen atoms in total. The number of benzene rings is 1. The van der Waals surface area contributed by atoms with E-state index in [0.717, 1.165) is 25.4 Å². The van der Waals surface area contributed by atoms with Crippen LogP contribution in [0.4, 0.5) is 16.5 Å². The van der Waals surface area contributed by atoms with Crippen LogP contribution < -0.4 is 15.8 Å². The molecule has 8 heteroatoms. The van der Waals surface area contributed by atoms with Crippen molar-refractivity contribution in [3.05, 3.63) is 46.9 Å². The van der Waals surface area contributed by atoms with Gasteiger partial charge in [0.1, 0.15) is 0 Å². The summed E-state index contributed by atoms with van der Waals surface area (Å²) in [4.78, 5) is 18.8. The number of aromatic nitrogens is 3. The van der Waals surface area contributed by atoms with Gasteiger partial charge in [-0.25, -0.2) is 4.98 Å². The highest BCUT2D eigenvalue weighted by molar-refractivity contribution is 7.20. The monoisotopic (exact) mass is 343 g/mol. The zero-order valence-corrected chi connectivity index (χ0v) is 14.0. The Kier molecular flexibility index (Phi) is 3.91. The maximum absolute atomic E-state index is 11.7. The van der Waals surface area contributed by atoms with E-state index >= 15 is 0 Å². The molecule has 0 bridgehead atoms. The molecular formula is C16H17N5O2S. The zero-order valence-electron chi connectivity index (χ0n) is 13.2. The first kappa shape index (κ1) is 15.1. The van der Waals surface area contributed by atoms with Crippen molar-refractivity contribution in [3.63, 3.8) is 0 Å². The minimum Gasteiger partial charge on any atom is -0.377 e. The van der Waals surface area contributed by atoms with Gasteiger partial charge in [-0.15, -0.1) is 5.10 Å². The third-order valence-corrected chi connectivity index (χ3v) is 4.83. The predicted molar refractivity (Wildman–Crippen MR) is 94.5 cm³/mol. The number of nitrogens with zero attached hydrogens (tertiary/aromatic N) is 4. The lowest BCUT2D eigenvalue weighted by Gasteiger charge is -2.35. The van der Waals surface area contributed by atoms with Crippen LogP contribution in [-0.4, -0.2) is 40.4 Å². The van der Waals surface area contributed by atoms with Gasteiger partial charge in [-0.3, -0.25) is 4.79 Å². The van der Waals surface area contributed by atoms with Crippen molar-refractivity contribution in [3.8, 4) is 0 Å². The molecule has 1 aliphatic heterocycles. The van der Waals surface area contributed by atoms with E-state index in [1.807, 2.05) is 12.1 Å². The van der Waals surface area contributed by atoms with Gasteiger partial charge >= 0.3 is 0 Å². The highest BCUT2D eigenvalue weighted by Crippen LogP contribution is 2.25. The van der Waals surface area contributed by atoms with E-state index in [1.165, 1.54) is 33.8 Å². The Bertz CT molecular complexity index is 905. The molecule has 0 saturated carbocycles. The number of morpholine rings is 1. The molecule has 1 unspecified atom stereocenters. The number of anilines is 3. The van der Waals surface area contributed by atoms with Gasteiger partial charge in [-0.2, -0.15) is 4.52 Å². The molecular weight excluding hydrogens is 326 g/mol. The predicted octanol–water partition coefficient (Wildman–Crippen LogP) is 2.12. The smallest absolute Gasteiger partial charge is 0.275 e. The maximum atomic E-state index is 11.7. The highest BCUT2D eigenvalue weighted by atomic mass is 32.1. The van der Waals surface area contributed by atoms with Gasteiger partial charge in [-0.1, -0.05) is 11.3 Å². The average Bonchev–Trinajstić information content (AvgIpc) is 3.00. The number of fused-ring (bicyclic) bond motifs is 1. The van der Waals surface area contributed by atoms with E-state index in [4.69, 9.17) is 4.74 Å². The Labute approximate surface area is 142 Å². The lowest BCUT2D eigenvalue weighted by atomic mass is 10.2. The van der Waals surface area contributed by atoms with E-state index < -0.39 is 0 Å². The van der Waals surface area contributed by atoms with Gasteiger partial charge in [-0.05, 0) is 31.2 Å². The molecule has 1 fully saturated rings. The van der Waals surface area contributed by atoms with Crippen molar-refractivity contribution in [1.82, 2.24) is 14.6 Å². The Morgan fingerprint density at radius 3 is 2.88 bits per heavy atom. The van der Waals surface area contributed by atoms with Crippen molar-refractivity contribution in [2.75, 3.05) is 30.0 Å². The number of rotatable bonds is 3. The van der Waals surface area contributed by atoms with Gasteiger partial charge in [0.2, 0.25) is 10.1 Å². The molecule has 2 aromatic heterocycles. The fraction of sp³-hybridized carbons (Fsp3) is 0.312. The van der Waals surface area contributed by atoms with Crippen LogP contribution >= 0.6 is 11.3 Å². The van der Waals surface area contributed by atoms with E-state index in [9.17, 15) is 4.79 Å². The van der Waals surface area contributed by atoms with Gasteiger partial charge in [0.25, 0.3) is 5.56 Å². The number of hydrogen-bond donors (Lipinski definition) is 1. The van der Waals surface area contributed by atoms with E-state index in [-0.39, 0.29) is 5.56 Å². The molecule has 0 amide bonds. The quantitative estimate of drug-likeness (QED) is 0.785. The molecule has 0 radical (unpaired) electrons. The summed E-state index contributed by atoms with van der Waals surface area (Å²) in [7, 11) is 0. The molecule has 3 heterocycles. The van der Waals surface area contributed by atoms with Crippen LogP contribution in [0.15, 0.2) is 41.3 Å². The van der Waals surface area contributed by atoms with Gasteiger partial charge in [0, 0.05) is 36.2 Å². The van der Waals surface area contributed by atoms with E-state index in [0.29, 0.717) is 16.1 Å². The summed E-state index contributed by atoms with van der Waals surface area (Å²) in [5.41, 5.74) is 1.92. The third kappa shape index (κ3) is 2.85. The van der Waals surface area contributed by atoms with Crippen LogP contribution in [-0.2, 0) is 4.74 Å². The van der Waals surface area contributed by atoms with Crippen molar-refractivity contribution in [2.45, 2.75) is 13.0 Å². The van der Waals surface area contributed by atoms with Crippen LogP contribution in [0.2, 0.25) is 0 Å². The van der Waals surface area contributed by atoms with Crippen molar-refractivity contribution in [1.29, 1.82) is 0 Å². The van der Waals surface area contributed by atoms with Crippen molar-refractivity contribution in [2.24, 2.45) is 0 Å². The van der Waals surface area contributed by atoms with Crippen molar-refractivity contribution >= 4 is 32.8 Å². The first-order chi connectivity index (χ1) is 11.7. The summed E-state index contributed by atoms with van der Waals surface area (Å²) < 4.78 is 6.78. The summed E-state index contributed by atoms with van der Waals surface area (Å²) in [6, 6.07) is 9.97. The Balaban J connectivity index is 1.54. The summed E-state index contributed by atoms with van der Waals surface area (Å²) in [5.74, 6) is 0. The molecule has 1 saturated heterocycles. The molecule has 4 rings (SSSR count). The second kappa shape index (κ2) is 6.21. The Morgan fingerprint density at radius 2 is 2.12 bits per heavy atom. The van der Waals surface area contributed by atoms with Crippen LogP contribution in [0.3, 0.4) is 0 Å². The molecule has 0 aliphatic carbocycles. The first-order valence-electron chi connectivity index (χ1n) is 7.77. The molecule has 24 heavy (non-hydrogen) atoms. The second-order valence-corrected chi connectivity index (χ2v) is 6.63. The molecule has 1 aromatic carbocycles. The van der Waals surface area contributed by atoms with Gasteiger partial charge in [0.05, 0.1) is 13.2 Å². The zero-order chi connectivity index (χ0) is 16.5. The highest BCUT2D eigenvalue weighted by Gasteiger charge is 2.18. The number of hydrogen-bond acceptors (Lipinski definition) is 7. The number of nitrogens with one attached hydrogen (secondary N) is 1. The van der Waals surface area contributed by atoms with E-state index in [2.05, 4.69) is 39.4 Å². The normalized spacial score (nSPS) is 18.0. The second-order valence-electron chi connectivity index (χ2n) is 5.67. The Hall–Kier alpha value is -2.45.